The van der Waals surface area contributed by atoms with Crippen LogP contribution in [0.15, 0.2) is 10.8 Å². The Kier molecular flexibility index (Phi) is 2.70. The van der Waals surface area contributed by atoms with Gasteiger partial charge in [0.1, 0.15) is 6.26 Å². The van der Waals surface area contributed by atoms with Crippen molar-refractivity contribution >= 4 is 17.7 Å². The molecule has 7 nitrogen and oxygen atoms in total. The minimum atomic E-state index is -0.360. The number of guanidine groups is 2. The van der Waals surface area contributed by atoms with Crippen LogP contribution in [0.25, 0.3) is 0 Å². The molecule has 0 saturated heterocycles. The molecule has 76 valence electrons. The SMILES string of the molecule is CCc1conc1N(C(=N)N)C(=N)N. The van der Waals surface area contributed by atoms with Crippen LogP contribution >= 0.6 is 0 Å². The second kappa shape index (κ2) is 3.77. The summed E-state index contributed by atoms with van der Waals surface area (Å²) in [5.41, 5.74) is 11.3. The maximum absolute atomic E-state index is 7.23. The highest BCUT2D eigenvalue weighted by molar-refractivity contribution is 6.13. The summed E-state index contributed by atoms with van der Waals surface area (Å²) in [6.45, 7) is 1.90. The Bertz CT molecular complexity index is 343. The van der Waals surface area contributed by atoms with E-state index in [1.807, 2.05) is 6.92 Å². The Labute approximate surface area is 80.7 Å². The van der Waals surface area contributed by atoms with E-state index < -0.39 is 0 Å². The van der Waals surface area contributed by atoms with E-state index in [-0.39, 0.29) is 11.9 Å². The quantitative estimate of drug-likeness (QED) is 0.385. The van der Waals surface area contributed by atoms with Gasteiger partial charge in [0.05, 0.1) is 0 Å². The van der Waals surface area contributed by atoms with Gasteiger partial charge in [0.2, 0.25) is 11.9 Å². The number of aryl methyl sites for hydroxylation is 1. The molecule has 0 aliphatic rings. The van der Waals surface area contributed by atoms with E-state index >= 15 is 0 Å². The number of nitrogens with two attached hydrogens (primary N) is 2. The van der Waals surface area contributed by atoms with Crippen molar-refractivity contribution in [3.05, 3.63) is 11.8 Å². The van der Waals surface area contributed by atoms with Gasteiger partial charge in [-0.05, 0) is 6.42 Å². The average molecular weight is 196 g/mol. The number of anilines is 1. The third-order valence-electron chi connectivity index (χ3n) is 1.70. The Morgan fingerprint density at radius 3 is 2.50 bits per heavy atom. The van der Waals surface area contributed by atoms with Crippen LogP contribution in [-0.4, -0.2) is 17.1 Å². The first-order chi connectivity index (χ1) is 6.57. The van der Waals surface area contributed by atoms with Crippen molar-refractivity contribution in [2.75, 3.05) is 4.90 Å². The van der Waals surface area contributed by atoms with E-state index in [2.05, 4.69) is 5.16 Å². The van der Waals surface area contributed by atoms with Crippen molar-refractivity contribution in [3.8, 4) is 0 Å². The maximum Gasteiger partial charge on any atom is 0.201 e. The third kappa shape index (κ3) is 1.65. The van der Waals surface area contributed by atoms with Gasteiger partial charge < -0.3 is 16.0 Å². The van der Waals surface area contributed by atoms with Crippen LogP contribution in [0.5, 0.6) is 0 Å². The van der Waals surface area contributed by atoms with Crippen LogP contribution in [0.1, 0.15) is 12.5 Å². The fourth-order valence-corrected chi connectivity index (χ4v) is 1.04. The standard InChI is InChI=1S/C7H12N6O/c1-2-4-3-14-12-5(4)13(6(8)9)7(10)11/h3H,2H2,1H3,(H3,8,9)(H3,10,11). The van der Waals surface area contributed by atoms with E-state index in [0.717, 1.165) is 10.5 Å². The fourth-order valence-electron chi connectivity index (χ4n) is 1.04. The van der Waals surface area contributed by atoms with Crippen LogP contribution < -0.4 is 16.4 Å². The number of nitrogens with zero attached hydrogens (tertiary/aromatic N) is 2. The first-order valence-corrected chi connectivity index (χ1v) is 3.99. The van der Waals surface area contributed by atoms with E-state index in [0.29, 0.717) is 12.2 Å². The zero-order valence-electron chi connectivity index (χ0n) is 7.74. The second-order valence-electron chi connectivity index (χ2n) is 2.62. The molecule has 1 aromatic rings. The number of nitrogens with one attached hydrogen (secondary N) is 2. The lowest BCUT2D eigenvalue weighted by Crippen LogP contribution is -2.45. The fraction of sp³-hybridized carbons (Fsp3) is 0.286. The average Bonchev–Trinajstić information content (AvgIpc) is 2.51. The molecule has 6 N–H and O–H groups in total. The Hall–Kier alpha value is -2.05. The summed E-state index contributed by atoms with van der Waals surface area (Å²) in [5.74, 6) is -0.422. The number of hydrogen-bond acceptors (Lipinski definition) is 4. The molecule has 0 unspecified atom stereocenters. The van der Waals surface area contributed by atoms with Crippen LogP contribution in [0.4, 0.5) is 5.82 Å². The number of aromatic nitrogens is 1. The predicted molar refractivity (Wildman–Crippen MR) is 52.2 cm³/mol. The molecule has 0 aliphatic carbocycles. The summed E-state index contributed by atoms with van der Waals surface area (Å²) in [6, 6.07) is 0. The van der Waals surface area contributed by atoms with Crippen LogP contribution in [-0.2, 0) is 6.42 Å². The van der Waals surface area contributed by atoms with Crippen molar-refractivity contribution < 1.29 is 4.52 Å². The van der Waals surface area contributed by atoms with Gasteiger partial charge in [-0.15, -0.1) is 0 Å². The molecule has 0 atom stereocenters. The zero-order valence-corrected chi connectivity index (χ0v) is 7.74. The third-order valence-corrected chi connectivity index (χ3v) is 1.70. The normalized spacial score (nSPS) is 9.79. The predicted octanol–water partition coefficient (Wildman–Crippen LogP) is -0.170. The summed E-state index contributed by atoms with van der Waals surface area (Å²) in [5, 5.41) is 18.1. The lowest BCUT2D eigenvalue weighted by atomic mass is 10.2. The Morgan fingerprint density at radius 2 is 2.07 bits per heavy atom. The van der Waals surface area contributed by atoms with Crippen LogP contribution in [0.3, 0.4) is 0 Å². The molecule has 0 fully saturated rings. The van der Waals surface area contributed by atoms with Gasteiger partial charge in [-0.1, -0.05) is 12.1 Å². The van der Waals surface area contributed by atoms with E-state index in [9.17, 15) is 0 Å². The van der Waals surface area contributed by atoms with E-state index in [4.69, 9.17) is 26.8 Å². The van der Waals surface area contributed by atoms with Gasteiger partial charge in [-0.2, -0.15) is 0 Å². The summed E-state index contributed by atoms with van der Waals surface area (Å²) >= 11 is 0. The molecule has 1 aromatic heterocycles. The summed E-state index contributed by atoms with van der Waals surface area (Å²) in [7, 11) is 0. The molecule has 0 aromatic carbocycles. The number of hydrogen-bond donors (Lipinski definition) is 4. The molecular weight excluding hydrogens is 184 g/mol. The highest BCUT2D eigenvalue weighted by Gasteiger charge is 2.19. The molecule has 0 bridgehead atoms. The molecule has 14 heavy (non-hydrogen) atoms. The molecule has 1 heterocycles. The van der Waals surface area contributed by atoms with E-state index in [1.54, 1.807) is 0 Å². The largest absolute Gasteiger partial charge is 0.369 e. The minimum absolute atomic E-state index is 0.299. The molecular formula is C7H12N6O. The molecule has 0 spiro atoms. The smallest absolute Gasteiger partial charge is 0.201 e. The molecule has 0 saturated carbocycles. The monoisotopic (exact) mass is 196 g/mol. The lowest BCUT2D eigenvalue weighted by Gasteiger charge is -2.17. The van der Waals surface area contributed by atoms with Crippen molar-refractivity contribution in [1.82, 2.24) is 5.16 Å². The lowest BCUT2D eigenvalue weighted by molar-refractivity contribution is 0.421. The topological polar surface area (TPSA) is 129 Å². The van der Waals surface area contributed by atoms with Gasteiger partial charge in [-0.25, -0.2) is 4.90 Å². The van der Waals surface area contributed by atoms with Gasteiger partial charge in [-0.3, -0.25) is 10.8 Å². The molecule has 0 aliphatic heterocycles. The summed E-state index contributed by atoms with van der Waals surface area (Å²) < 4.78 is 4.72. The zero-order chi connectivity index (χ0) is 10.7. The van der Waals surface area contributed by atoms with E-state index in [1.165, 1.54) is 6.26 Å². The van der Waals surface area contributed by atoms with Gasteiger partial charge in [0, 0.05) is 5.56 Å². The molecule has 1 rings (SSSR count). The highest BCUT2D eigenvalue weighted by Crippen LogP contribution is 2.17. The molecule has 0 radical (unpaired) electrons. The summed E-state index contributed by atoms with van der Waals surface area (Å²) in [4.78, 5) is 1.00. The first kappa shape index (κ1) is 10.0. The van der Waals surface area contributed by atoms with Crippen molar-refractivity contribution in [2.24, 2.45) is 11.5 Å². The van der Waals surface area contributed by atoms with Crippen molar-refractivity contribution in [3.63, 3.8) is 0 Å². The van der Waals surface area contributed by atoms with Gasteiger partial charge in [0.25, 0.3) is 0 Å². The Balaban J connectivity index is 3.11. The van der Waals surface area contributed by atoms with Gasteiger partial charge >= 0.3 is 0 Å². The van der Waals surface area contributed by atoms with Crippen LogP contribution in [0.2, 0.25) is 0 Å². The minimum Gasteiger partial charge on any atom is -0.369 e. The van der Waals surface area contributed by atoms with Crippen molar-refractivity contribution in [1.29, 1.82) is 10.8 Å². The molecule has 0 amide bonds. The first-order valence-electron chi connectivity index (χ1n) is 3.99. The van der Waals surface area contributed by atoms with Crippen LogP contribution in [0, 0.1) is 10.8 Å². The summed E-state index contributed by atoms with van der Waals surface area (Å²) in [6.07, 6.45) is 2.10. The molecule has 7 heteroatoms. The number of rotatable bonds is 2. The Morgan fingerprint density at radius 1 is 1.50 bits per heavy atom. The second-order valence-corrected chi connectivity index (χ2v) is 2.62. The maximum atomic E-state index is 7.23. The highest BCUT2D eigenvalue weighted by atomic mass is 16.5. The van der Waals surface area contributed by atoms with Crippen molar-refractivity contribution in [2.45, 2.75) is 13.3 Å². The van der Waals surface area contributed by atoms with Gasteiger partial charge in [0.15, 0.2) is 5.82 Å².